The summed E-state index contributed by atoms with van der Waals surface area (Å²) in [5.74, 6) is -0.484. The molecule has 5 heteroatoms. The number of aliphatic hydroxyl groups is 1. The molecule has 2 atom stereocenters. The number of aliphatic hydroxyl groups excluding tert-OH is 1. The van der Waals surface area contributed by atoms with Crippen LogP contribution in [0.2, 0.25) is 5.02 Å². The molecule has 1 aromatic rings. The van der Waals surface area contributed by atoms with Crippen LogP contribution in [-0.4, -0.2) is 11.1 Å². The summed E-state index contributed by atoms with van der Waals surface area (Å²) >= 11 is 5.67. The fourth-order valence-corrected chi connectivity index (χ4v) is 1.64. The lowest BCUT2D eigenvalue weighted by molar-refractivity contribution is 0.133. The van der Waals surface area contributed by atoms with Gasteiger partial charge in [0.25, 0.3) is 0 Å². The molecule has 0 aliphatic carbocycles. The van der Waals surface area contributed by atoms with Crippen molar-refractivity contribution in [1.82, 2.24) is 0 Å². The Hall–Kier alpha value is -0.350. The van der Waals surface area contributed by atoms with Crippen LogP contribution < -0.4 is 5.73 Å². The van der Waals surface area contributed by atoms with Crippen LogP contribution in [0, 0.1) is 11.2 Å². The highest BCUT2D eigenvalue weighted by molar-refractivity contribution is 6.30. The van der Waals surface area contributed by atoms with Crippen molar-refractivity contribution in [3.63, 3.8) is 0 Å². The average molecular weight is 296 g/mol. The Kier molecular flexibility index (Phi) is 6.58. The van der Waals surface area contributed by atoms with E-state index in [0.29, 0.717) is 12.0 Å². The summed E-state index contributed by atoms with van der Waals surface area (Å²) in [7, 11) is 0. The Morgan fingerprint density at radius 1 is 1.39 bits per heavy atom. The van der Waals surface area contributed by atoms with Gasteiger partial charge in [-0.25, -0.2) is 4.39 Å². The third-order valence-corrected chi connectivity index (χ3v) is 3.21. The lowest BCUT2D eigenvalue weighted by Crippen LogP contribution is -2.36. The molecule has 0 saturated heterocycles. The third kappa shape index (κ3) is 4.73. The number of rotatable bonds is 3. The van der Waals surface area contributed by atoms with E-state index in [1.165, 1.54) is 18.2 Å². The van der Waals surface area contributed by atoms with Crippen LogP contribution >= 0.6 is 24.0 Å². The molecule has 0 radical (unpaired) electrons. The van der Waals surface area contributed by atoms with Crippen LogP contribution in [0.3, 0.4) is 0 Å². The van der Waals surface area contributed by atoms with Crippen molar-refractivity contribution in [2.45, 2.75) is 39.3 Å². The topological polar surface area (TPSA) is 46.2 Å². The van der Waals surface area contributed by atoms with Gasteiger partial charge in [0, 0.05) is 6.04 Å². The van der Waals surface area contributed by atoms with Gasteiger partial charge in [-0.15, -0.1) is 12.4 Å². The normalized spacial score (nSPS) is 14.8. The third-order valence-electron chi connectivity index (χ3n) is 2.92. The van der Waals surface area contributed by atoms with Crippen molar-refractivity contribution in [2.75, 3.05) is 0 Å². The molecule has 0 bridgehead atoms. The SMILES string of the molecule is CC(C)(C)[C@@H](N)C[C@@H](O)c1ccc(F)c(Cl)c1.Cl. The molecule has 0 aromatic heterocycles. The first kappa shape index (κ1) is 17.6. The van der Waals surface area contributed by atoms with Gasteiger partial charge in [-0.2, -0.15) is 0 Å². The second-order valence-electron chi connectivity index (χ2n) is 5.40. The van der Waals surface area contributed by atoms with Gasteiger partial charge in [-0.1, -0.05) is 38.4 Å². The number of halogens is 3. The zero-order valence-corrected chi connectivity index (χ0v) is 12.4. The van der Waals surface area contributed by atoms with Gasteiger partial charge < -0.3 is 10.8 Å². The van der Waals surface area contributed by atoms with E-state index in [2.05, 4.69) is 0 Å². The van der Waals surface area contributed by atoms with Gasteiger partial charge in [0.15, 0.2) is 0 Å². The molecule has 0 saturated carbocycles. The van der Waals surface area contributed by atoms with Crippen molar-refractivity contribution in [1.29, 1.82) is 0 Å². The molecule has 1 aromatic carbocycles. The summed E-state index contributed by atoms with van der Waals surface area (Å²) in [5, 5.41) is 10.0. The number of benzene rings is 1. The molecule has 1 rings (SSSR count). The average Bonchev–Trinajstić information content (AvgIpc) is 2.20. The van der Waals surface area contributed by atoms with Gasteiger partial charge in [0.05, 0.1) is 11.1 Å². The van der Waals surface area contributed by atoms with E-state index in [9.17, 15) is 9.50 Å². The Labute approximate surface area is 119 Å². The molecule has 0 heterocycles. The quantitative estimate of drug-likeness (QED) is 0.893. The second kappa shape index (κ2) is 6.71. The molecule has 0 spiro atoms. The van der Waals surface area contributed by atoms with Crippen LogP contribution in [0.4, 0.5) is 4.39 Å². The first-order chi connectivity index (χ1) is 7.71. The number of hydrogen-bond donors (Lipinski definition) is 2. The molecule has 0 unspecified atom stereocenters. The first-order valence-corrected chi connectivity index (χ1v) is 5.98. The number of hydrogen-bond acceptors (Lipinski definition) is 2. The van der Waals surface area contributed by atoms with Crippen molar-refractivity contribution in [2.24, 2.45) is 11.1 Å². The van der Waals surface area contributed by atoms with Crippen LogP contribution in [-0.2, 0) is 0 Å². The van der Waals surface area contributed by atoms with E-state index in [1.807, 2.05) is 20.8 Å². The Morgan fingerprint density at radius 3 is 2.39 bits per heavy atom. The molecule has 3 N–H and O–H groups in total. The lowest BCUT2D eigenvalue weighted by Gasteiger charge is -2.29. The lowest BCUT2D eigenvalue weighted by atomic mass is 9.83. The van der Waals surface area contributed by atoms with E-state index in [1.54, 1.807) is 0 Å². The molecule has 18 heavy (non-hydrogen) atoms. The summed E-state index contributed by atoms with van der Waals surface area (Å²) in [6, 6.07) is 4.09. The Bertz CT molecular complexity index is 393. The smallest absolute Gasteiger partial charge is 0.141 e. The summed E-state index contributed by atoms with van der Waals surface area (Å²) in [6.45, 7) is 6.05. The minimum Gasteiger partial charge on any atom is -0.388 e. The van der Waals surface area contributed by atoms with Gasteiger partial charge in [0.1, 0.15) is 5.82 Å². The number of nitrogens with two attached hydrogens (primary N) is 1. The monoisotopic (exact) mass is 295 g/mol. The molecular formula is C13H20Cl2FNO. The van der Waals surface area contributed by atoms with E-state index in [0.717, 1.165) is 0 Å². The fraction of sp³-hybridized carbons (Fsp3) is 0.538. The van der Waals surface area contributed by atoms with E-state index in [-0.39, 0.29) is 28.9 Å². The van der Waals surface area contributed by atoms with Gasteiger partial charge in [0.2, 0.25) is 0 Å². The molecule has 0 fully saturated rings. The van der Waals surface area contributed by atoms with Gasteiger partial charge >= 0.3 is 0 Å². The standard InChI is InChI=1S/C13H19ClFNO.ClH/c1-13(2,3)12(16)7-11(17)8-4-5-10(15)9(14)6-8;/h4-6,11-12,17H,7,16H2,1-3H3;1H/t11-,12+;/m1./s1. The first-order valence-electron chi connectivity index (χ1n) is 5.60. The van der Waals surface area contributed by atoms with Crippen LogP contribution in [0.5, 0.6) is 0 Å². The summed E-state index contributed by atoms with van der Waals surface area (Å²) < 4.78 is 13.0. The van der Waals surface area contributed by atoms with E-state index < -0.39 is 11.9 Å². The molecule has 0 aliphatic rings. The maximum atomic E-state index is 13.0. The van der Waals surface area contributed by atoms with Crippen LogP contribution in [0.1, 0.15) is 38.9 Å². The minimum atomic E-state index is -0.720. The van der Waals surface area contributed by atoms with Gasteiger partial charge in [-0.05, 0) is 29.5 Å². The van der Waals surface area contributed by atoms with Crippen molar-refractivity contribution < 1.29 is 9.50 Å². The van der Waals surface area contributed by atoms with E-state index >= 15 is 0 Å². The van der Waals surface area contributed by atoms with Gasteiger partial charge in [-0.3, -0.25) is 0 Å². The molecule has 0 aliphatic heterocycles. The summed E-state index contributed by atoms with van der Waals surface area (Å²) in [4.78, 5) is 0. The van der Waals surface area contributed by atoms with Crippen LogP contribution in [0.15, 0.2) is 18.2 Å². The predicted octanol–water partition coefficient (Wildman–Crippen LogP) is 3.70. The maximum Gasteiger partial charge on any atom is 0.141 e. The van der Waals surface area contributed by atoms with Crippen molar-refractivity contribution in [3.05, 3.63) is 34.6 Å². The highest BCUT2D eigenvalue weighted by atomic mass is 35.5. The maximum absolute atomic E-state index is 13.0. The van der Waals surface area contributed by atoms with Crippen molar-refractivity contribution >= 4 is 24.0 Å². The summed E-state index contributed by atoms with van der Waals surface area (Å²) in [6.07, 6.45) is -0.298. The largest absolute Gasteiger partial charge is 0.388 e. The molecule has 2 nitrogen and oxygen atoms in total. The second-order valence-corrected chi connectivity index (χ2v) is 5.80. The molecular weight excluding hydrogens is 276 g/mol. The van der Waals surface area contributed by atoms with Crippen LogP contribution in [0.25, 0.3) is 0 Å². The highest BCUT2D eigenvalue weighted by Crippen LogP contribution is 2.28. The highest BCUT2D eigenvalue weighted by Gasteiger charge is 2.24. The zero-order valence-electron chi connectivity index (χ0n) is 10.8. The predicted molar refractivity (Wildman–Crippen MR) is 75.7 cm³/mol. The summed E-state index contributed by atoms with van der Waals surface area (Å²) in [5.41, 5.74) is 6.50. The minimum absolute atomic E-state index is 0. The van der Waals surface area contributed by atoms with Crippen molar-refractivity contribution in [3.8, 4) is 0 Å². The van der Waals surface area contributed by atoms with E-state index in [4.69, 9.17) is 17.3 Å². The molecule has 0 amide bonds. The fourth-order valence-electron chi connectivity index (χ4n) is 1.45. The Balaban J connectivity index is 0.00000289. The molecule has 104 valence electrons. The zero-order chi connectivity index (χ0) is 13.2. The Morgan fingerprint density at radius 2 is 1.94 bits per heavy atom.